The molecule has 3 aliphatic rings. The third kappa shape index (κ3) is 1.36. The summed E-state index contributed by atoms with van der Waals surface area (Å²) in [6.07, 6.45) is 3.26. The summed E-state index contributed by atoms with van der Waals surface area (Å²) < 4.78 is 5.72. The highest BCUT2D eigenvalue weighted by Gasteiger charge is 2.71. The van der Waals surface area contributed by atoms with E-state index >= 15 is 0 Å². The van der Waals surface area contributed by atoms with E-state index in [1.54, 1.807) is 0 Å². The standard InChI is InChI=1S/C14H24N2O2/c1-8-6-9(7-8)16-12(17)14(15)10-4-5-18-11(10)13(14,2)3/h8-11H,4-7,15H2,1-3H3,(H,16,17). The van der Waals surface area contributed by atoms with E-state index in [4.69, 9.17) is 10.5 Å². The Bertz CT molecular complexity index is 376. The number of amides is 1. The van der Waals surface area contributed by atoms with Gasteiger partial charge in [0.25, 0.3) is 0 Å². The fourth-order valence-electron chi connectivity index (χ4n) is 4.17. The fraction of sp³-hybridized carbons (Fsp3) is 0.929. The average Bonchev–Trinajstić information content (AvgIpc) is 2.73. The van der Waals surface area contributed by atoms with Crippen LogP contribution in [-0.4, -0.2) is 30.2 Å². The van der Waals surface area contributed by atoms with E-state index in [-0.39, 0.29) is 23.3 Å². The van der Waals surface area contributed by atoms with Crippen molar-refractivity contribution in [2.45, 2.75) is 57.7 Å². The second kappa shape index (κ2) is 3.70. The summed E-state index contributed by atoms with van der Waals surface area (Å²) in [6, 6.07) is 0.338. The van der Waals surface area contributed by atoms with Crippen molar-refractivity contribution in [3.05, 3.63) is 0 Å². The number of rotatable bonds is 2. The third-order valence-electron chi connectivity index (χ3n) is 5.54. The van der Waals surface area contributed by atoms with Crippen molar-refractivity contribution < 1.29 is 9.53 Å². The Kier molecular flexibility index (Phi) is 2.55. The molecule has 18 heavy (non-hydrogen) atoms. The van der Waals surface area contributed by atoms with Gasteiger partial charge in [-0.1, -0.05) is 20.8 Å². The number of carbonyl (C=O) groups is 1. The molecule has 0 spiro atoms. The average molecular weight is 252 g/mol. The molecule has 0 aromatic heterocycles. The zero-order chi connectivity index (χ0) is 13.1. The minimum Gasteiger partial charge on any atom is -0.377 e. The van der Waals surface area contributed by atoms with Crippen molar-refractivity contribution >= 4 is 5.91 Å². The molecule has 1 heterocycles. The van der Waals surface area contributed by atoms with Crippen molar-refractivity contribution in [2.75, 3.05) is 6.61 Å². The molecule has 4 nitrogen and oxygen atoms in total. The minimum atomic E-state index is -0.743. The van der Waals surface area contributed by atoms with Gasteiger partial charge < -0.3 is 15.8 Å². The van der Waals surface area contributed by atoms with Crippen LogP contribution in [0.1, 0.15) is 40.0 Å². The Morgan fingerprint density at radius 3 is 2.67 bits per heavy atom. The fourth-order valence-corrected chi connectivity index (χ4v) is 4.17. The lowest BCUT2D eigenvalue weighted by molar-refractivity contribution is -0.176. The largest absolute Gasteiger partial charge is 0.377 e. The van der Waals surface area contributed by atoms with Gasteiger partial charge >= 0.3 is 0 Å². The second-order valence-electron chi connectivity index (χ2n) is 7.02. The maximum atomic E-state index is 12.5. The molecule has 102 valence electrons. The van der Waals surface area contributed by atoms with Crippen LogP contribution in [0, 0.1) is 17.3 Å². The van der Waals surface area contributed by atoms with Gasteiger partial charge in [0.05, 0.1) is 6.10 Å². The van der Waals surface area contributed by atoms with Gasteiger partial charge in [-0.3, -0.25) is 4.79 Å². The van der Waals surface area contributed by atoms with Crippen molar-refractivity contribution in [2.24, 2.45) is 23.0 Å². The Morgan fingerprint density at radius 2 is 2.06 bits per heavy atom. The number of nitrogens with two attached hydrogens (primary N) is 1. The van der Waals surface area contributed by atoms with Gasteiger partial charge in [0.2, 0.25) is 5.91 Å². The van der Waals surface area contributed by atoms with E-state index in [0.29, 0.717) is 6.04 Å². The quantitative estimate of drug-likeness (QED) is 0.772. The number of carbonyl (C=O) groups excluding carboxylic acids is 1. The van der Waals surface area contributed by atoms with E-state index in [2.05, 4.69) is 26.1 Å². The molecule has 2 aliphatic carbocycles. The highest BCUT2D eigenvalue weighted by molar-refractivity contribution is 5.89. The summed E-state index contributed by atoms with van der Waals surface area (Å²) in [5.74, 6) is 0.974. The Morgan fingerprint density at radius 1 is 1.39 bits per heavy atom. The summed E-state index contributed by atoms with van der Waals surface area (Å²) >= 11 is 0. The van der Waals surface area contributed by atoms with Crippen LogP contribution in [0.4, 0.5) is 0 Å². The van der Waals surface area contributed by atoms with Gasteiger partial charge in [-0.2, -0.15) is 0 Å². The van der Waals surface area contributed by atoms with Crippen molar-refractivity contribution in [3.63, 3.8) is 0 Å². The second-order valence-corrected chi connectivity index (χ2v) is 7.02. The molecule has 2 saturated carbocycles. The molecule has 3 N–H and O–H groups in total. The molecule has 1 saturated heterocycles. The van der Waals surface area contributed by atoms with Crippen LogP contribution in [0.25, 0.3) is 0 Å². The molecule has 0 aromatic rings. The van der Waals surface area contributed by atoms with E-state index in [1.165, 1.54) is 0 Å². The zero-order valence-electron chi connectivity index (χ0n) is 11.5. The van der Waals surface area contributed by atoms with Gasteiger partial charge in [0.15, 0.2) is 0 Å². The number of hydrogen-bond donors (Lipinski definition) is 2. The Balaban J connectivity index is 1.72. The normalized spacial score (nSPS) is 48.9. The zero-order valence-corrected chi connectivity index (χ0v) is 11.5. The van der Waals surface area contributed by atoms with E-state index < -0.39 is 5.54 Å². The summed E-state index contributed by atoms with van der Waals surface area (Å²) in [5.41, 5.74) is 5.48. The highest BCUT2D eigenvalue weighted by atomic mass is 16.5. The topological polar surface area (TPSA) is 64.4 Å². The summed E-state index contributed by atoms with van der Waals surface area (Å²) in [7, 11) is 0. The van der Waals surface area contributed by atoms with Crippen LogP contribution in [0.5, 0.6) is 0 Å². The summed E-state index contributed by atoms with van der Waals surface area (Å²) in [4.78, 5) is 12.5. The Hall–Kier alpha value is -0.610. The molecule has 1 aliphatic heterocycles. The number of ether oxygens (including phenoxy) is 1. The van der Waals surface area contributed by atoms with Gasteiger partial charge in [-0.15, -0.1) is 0 Å². The maximum absolute atomic E-state index is 12.5. The number of hydrogen-bond acceptors (Lipinski definition) is 3. The predicted molar refractivity (Wildman–Crippen MR) is 68.9 cm³/mol. The first kappa shape index (κ1) is 12.4. The van der Waals surface area contributed by atoms with Gasteiger partial charge in [-0.25, -0.2) is 0 Å². The molecule has 1 amide bonds. The molecule has 0 radical (unpaired) electrons. The molecule has 3 fully saturated rings. The third-order valence-corrected chi connectivity index (χ3v) is 5.54. The van der Waals surface area contributed by atoms with Crippen LogP contribution in [0.15, 0.2) is 0 Å². The lowest BCUT2D eigenvalue weighted by atomic mass is 9.48. The predicted octanol–water partition coefficient (Wildman–Crippen LogP) is 1.04. The van der Waals surface area contributed by atoms with E-state index in [0.717, 1.165) is 31.8 Å². The Labute approximate surface area is 109 Å². The van der Waals surface area contributed by atoms with Crippen LogP contribution in [0.3, 0.4) is 0 Å². The first-order chi connectivity index (χ1) is 8.37. The molecular formula is C14H24N2O2. The minimum absolute atomic E-state index is 0.0381. The SMILES string of the molecule is CC1CC(NC(=O)C2(N)C3CCOC3C2(C)C)C1. The monoisotopic (exact) mass is 252 g/mol. The van der Waals surface area contributed by atoms with Crippen LogP contribution >= 0.6 is 0 Å². The molecule has 3 unspecified atom stereocenters. The van der Waals surface area contributed by atoms with Crippen LogP contribution in [0.2, 0.25) is 0 Å². The first-order valence-electron chi connectivity index (χ1n) is 7.09. The number of nitrogens with one attached hydrogen (secondary N) is 1. The molecule has 0 bridgehead atoms. The number of fused-ring (bicyclic) bond motifs is 1. The van der Waals surface area contributed by atoms with E-state index in [1.807, 2.05) is 0 Å². The van der Waals surface area contributed by atoms with E-state index in [9.17, 15) is 4.79 Å². The first-order valence-corrected chi connectivity index (χ1v) is 7.09. The molecule has 3 rings (SSSR count). The van der Waals surface area contributed by atoms with Crippen molar-refractivity contribution in [1.29, 1.82) is 0 Å². The van der Waals surface area contributed by atoms with Gasteiger partial charge in [-0.05, 0) is 25.2 Å². The molecular weight excluding hydrogens is 228 g/mol. The summed E-state index contributed by atoms with van der Waals surface area (Å²) in [5, 5.41) is 3.14. The van der Waals surface area contributed by atoms with Gasteiger partial charge in [0, 0.05) is 24.0 Å². The van der Waals surface area contributed by atoms with Gasteiger partial charge in [0.1, 0.15) is 5.54 Å². The summed E-state index contributed by atoms with van der Waals surface area (Å²) in [6.45, 7) is 7.07. The highest BCUT2D eigenvalue weighted by Crippen LogP contribution is 2.58. The van der Waals surface area contributed by atoms with Crippen LogP contribution < -0.4 is 11.1 Å². The lowest BCUT2D eigenvalue weighted by Crippen LogP contribution is -2.80. The van der Waals surface area contributed by atoms with Crippen molar-refractivity contribution in [1.82, 2.24) is 5.32 Å². The van der Waals surface area contributed by atoms with Crippen molar-refractivity contribution in [3.8, 4) is 0 Å². The lowest BCUT2D eigenvalue weighted by Gasteiger charge is -2.61. The maximum Gasteiger partial charge on any atom is 0.241 e. The molecule has 0 aromatic carbocycles. The molecule has 4 heteroatoms. The smallest absolute Gasteiger partial charge is 0.241 e. The van der Waals surface area contributed by atoms with Crippen LogP contribution in [-0.2, 0) is 9.53 Å². The molecule has 3 atom stereocenters.